The van der Waals surface area contributed by atoms with Crippen LogP contribution >= 0.6 is 0 Å². The van der Waals surface area contributed by atoms with Crippen LogP contribution in [0.2, 0.25) is 0 Å². The van der Waals surface area contributed by atoms with Crippen LogP contribution in [0.25, 0.3) is 11.0 Å². The number of rotatable bonds is 6. The van der Waals surface area contributed by atoms with Crippen LogP contribution in [0.3, 0.4) is 0 Å². The van der Waals surface area contributed by atoms with Crippen molar-refractivity contribution in [1.82, 2.24) is 0 Å². The summed E-state index contributed by atoms with van der Waals surface area (Å²) in [5.41, 5.74) is 3.38. The van der Waals surface area contributed by atoms with Gasteiger partial charge in [-0.25, -0.2) is 4.79 Å². The molecule has 4 nitrogen and oxygen atoms in total. The van der Waals surface area contributed by atoms with Crippen LogP contribution in [-0.4, -0.2) is 5.97 Å². The first kappa shape index (κ1) is 17.9. The Balaban J connectivity index is 1.57. The maximum absolute atomic E-state index is 12.7. The van der Waals surface area contributed by atoms with Crippen molar-refractivity contribution in [1.29, 1.82) is 0 Å². The SMILES string of the molecule is Cc1cccc(COC(=O)c2oc3ccccc3c2COc2ccccc2)c1. The van der Waals surface area contributed by atoms with Crippen molar-refractivity contribution < 1.29 is 18.7 Å². The third kappa shape index (κ3) is 3.91. The van der Waals surface area contributed by atoms with E-state index in [1.807, 2.05) is 85.8 Å². The number of hydrogen-bond donors (Lipinski definition) is 0. The number of hydrogen-bond acceptors (Lipinski definition) is 4. The van der Waals surface area contributed by atoms with Gasteiger partial charge >= 0.3 is 5.97 Å². The number of carbonyl (C=O) groups excluding carboxylic acids is 1. The number of para-hydroxylation sites is 2. The fourth-order valence-corrected chi connectivity index (χ4v) is 3.10. The van der Waals surface area contributed by atoms with Crippen LogP contribution in [0.15, 0.2) is 83.3 Å². The molecule has 3 aromatic carbocycles. The standard InChI is InChI=1S/C24H20O4/c1-17-8-7-9-18(14-17)15-27-24(25)23-21(16-26-19-10-3-2-4-11-19)20-12-5-6-13-22(20)28-23/h2-14H,15-16H2,1H3. The van der Waals surface area contributed by atoms with Crippen molar-refractivity contribution in [2.75, 3.05) is 0 Å². The van der Waals surface area contributed by atoms with Gasteiger partial charge in [0.1, 0.15) is 24.5 Å². The fourth-order valence-electron chi connectivity index (χ4n) is 3.10. The van der Waals surface area contributed by atoms with Crippen LogP contribution in [0, 0.1) is 6.92 Å². The van der Waals surface area contributed by atoms with Crippen LogP contribution in [0.4, 0.5) is 0 Å². The van der Waals surface area contributed by atoms with Crippen molar-refractivity contribution >= 4 is 16.9 Å². The van der Waals surface area contributed by atoms with E-state index in [0.29, 0.717) is 11.1 Å². The van der Waals surface area contributed by atoms with Gasteiger partial charge in [-0.1, -0.05) is 66.2 Å². The van der Waals surface area contributed by atoms with Gasteiger partial charge < -0.3 is 13.9 Å². The highest BCUT2D eigenvalue weighted by atomic mass is 16.5. The molecule has 0 aliphatic carbocycles. The highest BCUT2D eigenvalue weighted by Gasteiger charge is 2.22. The van der Waals surface area contributed by atoms with E-state index in [4.69, 9.17) is 13.9 Å². The molecule has 0 bridgehead atoms. The topological polar surface area (TPSA) is 48.7 Å². The summed E-state index contributed by atoms with van der Waals surface area (Å²) in [4.78, 5) is 12.7. The molecular formula is C24H20O4. The van der Waals surface area contributed by atoms with Crippen molar-refractivity contribution in [3.05, 3.63) is 101 Å². The Morgan fingerprint density at radius 3 is 2.50 bits per heavy atom. The first-order chi connectivity index (χ1) is 13.7. The maximum Gasteiger partial charge on any atom is 0.375 e. The van der Waals surface area contributed by atoms with Gasteiger partial charge in [-0.3, -0.25) is 0 Å². The average Bonchev–Trinajstić information content (AvgIpc) is 3.10. The lowest BCUT2D eigenvalue weighted by atomic mass is 10.1. The zero-order valence-corrected chi connectivity index (χ0v) is 15.6. The summed E-state index contributed by atoms with van der Waals surface area (Å²) in [6, 6.07) is 24.9. The molecule has 4 rings (SSSR count). The monoisotopic (exact) mass is 372 g/mol. The molecule has 1 aromatic heterocycles. The van der Waals surface area contributed by atoms with E-state index in [-0.39, 0.29) is 19.0 Å². The molecule has 0 saturated carbocycles. The van der Waals surface area contributed by atoms with Crippen LogP contribution < -0.4 is 4.74 Å². The minimum Gasteiger partial charge on any atom is -0.489 e. The number of ether oxygens (including phenoxy) is 2. The van der Waals surface area contributed by atoms with Gasteiger partial charge in [0, 0.05) is 5.39 Å². The molecule has 28 heavy (non-hydrogen) atoms. The molecule has 4 aromatic rings. The Bertz CT molecular complexity index is 1100. The largest absolute Gasteiger partial charge is 0.489 e. The average molecular weight is 372 g/mol. The van der Waals surface area contributed by atoms with Gasteiger partial charge in [0.2, 0.25) is 5.76 Å². The Kier molecular flexibility index (Phi) is 5.11. The second kappa shape index (κ2) is 8.01. The minimum atomic E-state index is -0.496. The van der Waals surface area contributed by atoms with Gasteiger partial charge in [0.25, 0.3) is 0 Å². The summed E-state index contributed by atoms with van der Waals surface area (Å²) >= 11 is 0. The van der Waals surface area contributed by atoms with Gasteiger partial charge in [0.15, 0.2) is 0 Å². The molecule has 0 saturated heterocycles. The van der Waals surface area contributed by atoms with E-state index >= 15 is 0 Å². The smallest absolute Gasteiger partial charge is 0.375 e. The minimum absolute atomic E-state index is 0.185. The molecule has 1 heterocycles. The van der Waals surface area contributed by atoms with Crippen molar-refractivity contribution in [3.8, 4) is 5.75 Å². The molecule has 0 aliphatic rings. The van der Waals surface area contributed by atoms with Gasteiger partial charge in [-0.15, -0.1) is 0 Å². The number of carbonyl (C=O) groups is 1. The summed E-state index contributed by atoms with van der Waals surface area (Å²) in [5.74, 6) is 0.418. The second-order valence-electron chi connectivity index (χ2n) is 6.57. The number of furan rings is 1. The molecule has 0 spiro atoms. The highest BCUT2D eigenvalue weighted by molar-refractivity contribution is 5.96. The van der Waals surface area contributed by atoms with Gasteiger partial charge in [0.05, 0.1) is 5.56 Å². The lowest BCUT2D eigenvalue weighted by Gasteiger charge is -2.08. The van der Waals surface area contributed by atoms with E-state index in [2.05, 4.69) is 0 Å². The fraction of sp³-hybridized carbons (Fsp3) is 0.125. The normalized spacial score (nSPS) is 10.8. The van der Waals surface area contributed by atoms with E-state index in [9.17, 15) is 4.79 Å². The summed E-state index contributed by atoms with van der Waals surface area (Å²) in [6.07, 6.45) is 0. The first-order valence-corrected chi connectivity index (χ1v) is 9.11. The predicted octanol–water partition coefficient (Wildman–Crippen LogP) is 5.68. The molecule has 0 N–H and O–H groups in total. The summed E-state index contributed by atoms with van der Waals surface area (Å²) in [5, 5.41) is 0.848. The molecule has 0 unspecified atom stereocenters. The summed E-state index contributed by atoms with van der Waals surface area (Å²) in [7, 11) is 0. The molecule has 0 aliphatic heterocycles. The van der Waals surface area contributed by atoms with Crippen molar-refractivity contribution in [2.45, 2.75) is 20.1 Å². The van der Waals surface area contributed by atoms with Crippen molar-refractivity contribution in [3.63, 3.8) is 0 Å². The highest BCUT2D eigenvalue weighted by Crippen LogP contribution is 2.28. The second-order valence-corrected chi connectivity index (χ2v) is 6.57. The van der Waals surface area contributed by atoms with Crippen LogP contribution in [0.1, 0.15) is 27.2 Å². The first-order valence-electron chi connectivity index (χ1n) is 9.11. The molecule has 0 amide bonds. The predicted molar refractivity (Wildman–Crippen MR) is 107 cm³/mol. The number of aryl methyl sites for hydroxylation is 1. The third-order valence-corrected chi connectivity index (χ3v) is 4.46. The summed E-state index contributed by atoms with van der Waals surface area (Å²) in [6.45, 7) is 2.41. The molecule has 0 atom stereocenters. The Hall–Kier alpha value is -3.53. The Morgan fingerprint density at radius 1 is 0.893 bits per heavy atom. The number of benzene rings is 3. The zero-order valence-electron chi connectivity index (χ0n) is 15.6. The molecule has 0 radical (unpaired) electrons. The molecule has 4 heteroatoms. The summed E-state index contributed by atoms with van der Waals surface area (Å²) < 4.78 is 17.2. The van der Waals surface area contributed by atoms with Crippen LogP contribution in [0.5, 0.6) is 5.75 Å². The van der Waals surface area contributed by atoms with E-state index in [1.165, 1.54) is 0 Å². The quantitative estimate of drug-likeness (QED) is 0.409. The maximum atomic E-state index is 12.7. The van der Waals surface area contributed by atoms with Gasteiger partial charge in [-0.2, -0.15) is 0 Å². The lowest BCUT2D eigenvalue weighted by molar-refractivity contribution is 0.0434. The van der Waals surface area contributed by atoms with Crippen LogP contribution in [-0.2, 0) is 18.0 Å². The lowest BCUT2D eigenvalue weighted by Crippen LogP contribution is -2.08. The van der Waals surface area contributed by atoms with E-state index in [0.717, 1.165) is 22.3 Å². The number of esters is 1. The zero-order chi connectivity index (χ0) is 19.3. The molecule has 140 valence electrons. The molecular weight excluding hydrogens is 352 g/mol. The third-order valence-electron chi connectivity index (χ3n) is 4.46. The number of fused-ring (bicyclic) bond motifs is 1. The Morgan fingerprint density at radius 2 is 1.68 bits per heavy atom. The molecule has 0 fully saturated rings. The van der Waals surface area contributed by atoms with Gasteiger partial charge in [-0.05, 0) is 30.7 Å². The van der Waals surface area contributed by atoms with E-state index in [1.54, 1.807) is 0 Å². The van der Waals surface area contributed by atoms with E-state index < -0.39 is 5.97 Å². The van der Waals surface area contributed by atoms with Crippen molar-refractivity contribution in [2.24, 2.45) is 0 Å². The Labute approximate surface area is 163 Å².